The Morgan fingerprint density at radius 2 is 2.08 bits per heavy atom. The van der Waals surface area contributed by atoms with Gasteiger partial charge in [-0.1, -0.05) is 26.0 Å². The Hall–Kier alpha value is -2.63. The Morgan fingerprint density at radius 1 is 1.33 bits per heavy atom. The first-order valence-corrected chi connectivity index (χ1v) is 7.94. The van der Waals surface area contributed by atoms with Crippen LogP contribution in [0.25, 0.3) is 0 Å². The summed E-state index contributed by atoms with van der Waals surface area (Å²) < 4.78 is 5.74. The van der Waals surface area contributed by atoms with Crippen molar-refractivity contribution in [3.63, 3.8) is 0 Å². The summed E-state index contributed by atoms with van der Waals surface area (Å²) in [6.45, 7) is 3.95. The van der Waals surface area contributed by atoms with E-state index in [2.05, 4.69) is 12.1 Å². The molecule has 1 aliphatic carbocycles. The van der Waals surface area contributed by atoms with Crippen LogP contribution in [0, 0.1) is 39.9 Å². The fourth-order valence-corrected chi connectivity index (χ4v) is 3.74. The molecule has 0 saturated carbocycles. The lowest BCUT2D eigenvalue weighted by Gasteiger charge is -2.44. The second-order valence-corrected chi connectivity index (χ2v) is 7.16. The number of hydrogen-bond donors (Lipinski definition) is 1. The molecule has 0 aromatic heterocycles. The van der Waals surface area contributed by atoms with Crippen molar-refractivity contribution in [3.8, 4) is 12.1 Å². The molecule has 24 heavy (non-hydrogen) atoms. The lowest BCUT2D eigenvalue weighted by molar-refractivity contribution is -0.130. The Labute approximate surface area is 141 Å². The molecule has 1 saturated heterocycles. The number of ether oxygens (including phenoxy) is 1. The van der Waals surface area contributed by atoms with Gasteiger partial charge in [-0.15, -0.1) is 0 Å². The number of carbonyl (C=O) groups excluding carboxylic acids is 1. The van der Waals surface area contributed by atoms with E-state index in [4.69, 9.17) is 15.7 Å². The quantitative estimate of drug-likeness (QED) is 0.857. The number of rotatable bonds is 1. The fraction of sp³-hybridized carbons (Fsp3) is 0.421. The largest absolute Gasteiger partial charge is 0.478 e. The van der Waals surface area contributed by atoms with E-state index in [9.17, 15) is 10.1 Å². The molecular weight excluding hydrogens is 302 g/mol. The van der Waals surface area contributed by atoms with E-state index in [1.165, 1.54) is 0 Å². The molecule has 0 amide bonds. The zero-order chi connectivity index (χ0) is 17.5. The van der Waals surface area contributed by atoms with E-state index < -0.39 is 24.0 Å². The normalized spacial score (nSPS) is 31.0. The van der Waals surface area contributed by atoms with Crippen molar-refractivity contribution in [2.24, 2.45) is 23.0 Å². The molecule has 1 aromatic carbocycles. The first-order chi connectivity index (χ1) is 11.4. The maximum atomic E-state index is 12.8. The van der Waals surface area contributed by atoms with Gasteiger partial charge in [0.2, 0.25) is 0 Å². The highest BCUT2D eigenvalue weighted by atomic mass is 16.5. The number of allylic oxidation sites excluding steroid dienone is 2. The Balaban J connectivity index is 2.14. The molecule has 4 atom stereocenters. The number of Topliss-reactive ketones (excluding diaryl/α,β-unsaturated/α-hetero) is 1. The minimum atomic E-state index is -0.796. The third-order valence-corrected chi connectivity index (χ3v) is 4.74. The minimum Gasteiger partial charge on any atom is -0.478 e. The van der Waals surface area contributed by atoms with Crippen LogP contribution in [-0.4, -0.2) is 12.0 Å². The molecule has 0 bridgehead atoms. The first-order valence-electron chi connectivity index (χ1n) is 7.94. The van der Waals surface area contributed by atoms with Gasteiger partial charge in [0.15, 0.2) is 6.23 Å². The van der Waals surface area contributed by atoms with Crippen molar-refractivity contribution >= 4 is 5.78 Å². The van der Waals surface area contributed by atoms with Gasteiger partial charge in [0.05, 0.1) is 23.6 Å². The molecule has 2 aliphatic rings. The van der Waals surface area contributed by atoms with E-state index >= 15 is 0 Å². The van der Waals surface area contributed by atoms with Crippen LogP contribution in [0.3, 0.4) is 0 Å². The summed E-state index contributed by atoms with van der Waals surface area (Å²) >= 11 is 0. The maximum Gasteiger partial charge on any atom is 0.163 e. The van der Waals surface area contributed by atoms with E-state index in [1.54, 1.807) is 18.2 Å². The zero-order valence-electron chi connectivity index (χ0n) is 13.7. The summed E-state index contributed by atoms with van der Waals surface area (Å²) in [5, 5.41) is 18.7. The Morgan fingerprint density at radius 3 is 2.75 bits per heavy atom. The van der Waals surface area contributed by atoms with Gasteiger partial charge in [-0.05, 0) is 29.2 Å². The minimum absolute atomic E-state index is 0.0528. The molecule has 0 spiro atoms. The van der Waals surface area contributed by atoms with E-state index in [-0.39, 0.29) is 11.2 Å². The van der Waals surface area contributed by atoms with Crippen LogP contribution in [-0.2, 0) is 9.53 Å². The van der Waals surface area contributed by atoms with Crippen LogP contribution >= 0.6 is 0 Å². The average Bonchev–Trinajstić information content (AvgIpc) is 2.52. The Bertz CT molecular complexity index is 798. The molecule has 3 rings (SSSR count). The highest BCUT2D eigenvalue weighted by Gasteiger charge is 2.49. The zero-order valence-corrected chi connectivity index (χ0v) is 13.7. The molecule has 1 fully saturated rings. The molecular formula is C19H19N3O2. The molecule has 1 heterocycles. The average molecular weight is 321 g/mol. The summed E-state index contributed by atoms with van der Waals surface area (Å²) in [5.74, 6) is -0.954. The standard InChI is InChI=1S/C19H19N3O2/c1-19(2)7-14(23)17-15(8-19)24-18(22)13(10-21)16(17)12-5-3-4-11(6-12)9-20/h3-6,8,13,16-18H,7,22H2,1-2H3. The highest BCUT2D eigenvalue weighted by Crippen LogP contribution is 2.48. The van der Waals surface area contributed by atoms with E-state index in [0.717, 1.165) is 5.56 Å². The van der Waals surface area contributed by atoms with Gasteiger partial charge in [0.25, 0.3) is 0 Å². The van der Waals surface area contributed by atoms with Crippen LogP contribution in [0.4, 0.5) is 0 Å². The number of nitrogens with zero attached hydrogens (tertiary/aromatic N) is 2. The number of carbonyl (C=O) groups is 1. The van der Waals surface area contributed by atoms with Crippen LogP contribution in [0.5, 0.6) is 0 Å². The van der Waals surface area contributed by atoms with Gasteiger partial charge in [0, 0.05) is 12.3 Å². The molecule has 2 N–H and O–H groups in total. The van der Waals surface area contributed by atoms with Crippen molar-refractivity contribution in [2.45, 2.75) is 32.4 Å². The van der Waals surface area contributed by atoms with Crippen molar-refractivity contribution < 1.29 is 9.53 Å². The van der Waals surface area contributed by atoms with Crippen molar-refractivity contribution in [1.82, 2.24) is 0 Å². The van der Waals surface area contributed by atoms with Gasteiger partial charge in [-0.25, -0.2) is 0 Å². The van der Waals surface area contributed by atoms with E-state index in [1.807, 2.05) is 26.0 Å². The van der Waals surface area contributed by atoms with Crippen LogP contribution in [0.1, 0.15) is 37.3 Å². The molecule has 5 nitrogen and oxygen atoms in total. The second-order valence-electron chi connectivity index (χ2n) is 7.16. The number of fused-ring (bicyclic) bond motifs is 1. The number of nitrogens with two attached hydrogens (primary N) is 1. The Kier molecular flexibility index (Phi) is 3.91. The molecule has 4 unspecified atom stereocenters. The summed E-state index contributed by atoms with van der Waals surface area (Å²) in [6.07, 6.45) is 1.55. The molecule has 122 valence electrons. The molecule has 1 aromatic rings. The SMILES string of the molecule is CC1(C)C=C2OC(N)C(C#N)C(c3cccc(C#N)c3)C2C(=O)C1. The fourth-order valence-electron chi connectivity index (χ4n) is 3.74. The molecule has 5 heteroatoms. The number of ketones is 1. The maximum absolute atomic E-state index is 12.8. The van der Waals surface area contributed by atoms with Crippen LogP contribution < -0.4 is 5.73 Å². The molecule has 0 radical (unpaired) electrons. The third kappa shape index (κ3) is 2.68. The van der Waals surface area contributed by atoms with E-state index in [0.29, 0.717) is 17.7 Å². The van der Waals surface area contributed by atoms with Gasteiger partial charge in [-0.2, -0.15) is 10.5 Å². The summed E-state index contributed by atoms with van der Waals surface area (Å²) in [5.41, 5.74) is 7.06. The third-order valence-electron chi connectivity index (χ3n) is 4.74. The van der Waals surface area contributed by atoms with Crippen molar-refractivity contribution in [3.05, 3.63) is 47.2 Å². The lowest BCUT2D eigenvalue weighted by atomic mass is 9.66. The number of benzene rings is 1. The summed E-state index contributed by atoms with van der Waals surface area (Å²) in [4.78, 5) is 12.8. The predicted octanol–water partition coefficient (Wildman–Crippen LogP) is 2.60. The summed E-state index contributed by atoms with van der Waals surface area (Å²) in [7, 11) is 0. The lowest BCUT2D eigenvalue weighted by Crippen LogP contribution is -2.48. The van der Waals surface area contributed by atoms with Crippen LogP contribution in [0.15, 0.2) is 36.1 Å². The first kappa shape index (κ1) is 16.2. The predicted molar refractivity (Wildman–Crippen MR) is 87.0 cm³/mol. The monoisotopic (exact) mass is 321 g/mol. The second kappa shape index (κ2) is 5.78. The van der Waals surface area contributed by atoms with Gasteiger partial charge < -0.3 is 4.74 Å². The number of hydrogen-bond acceptors (Lipinski definition) is 5. The van der Waals surface area contributed by atoms with Gasteiger partial charge >= 0.3 is 0 Å². The van der Waals surface area contributed by atoms with Crippen molar-refractivity contribution in [2.75, 3.05) is 0 Å². The van der Waals surface area contributed by atoms with Gasteiger partial charge in [0.1, 0.15) is 17.5 Å². The van der Waals surface area contributed by atoms with Gasteiger partial charge in [-0.3, -0.25) is 10.5 Å². The summed E-state index contributed by atoms with van der Waals surface area (Å²) in [6, 6.07) is 11.4. The topological polar surface area (TPSA) is 99.9 Å². The number of nitriles is 2. The smallest absolute Gasteiger partial charge is 0.163 e. The molecule has 1 aliphatic heterocycles. The van der Waals surface area contributed by atoms with Crippen LogP contribution in [0.2, 0.25) is 0 Å². The highest BCUT2D eigenvalue weighted by molar-refractivity contribution is 5.87. The van der Waals surface area contributed by atoms with Crippen molar-refractivity contribution in [1.29, 1.82) is 10.5 Å².